The van der Waals surface area contributed by atoms with Crippen molar-refractivity contribution in [3.63, 3.8) is 0 Å². The highest BCUT2D eigenvalue weighted by atomic mass is 32.2. The van der Waals surface area contributed by atoms with E-state index in [0.29, 0.717) is 5.56 Å². The SMILES string of the molecule is COC(=O)C(NS(=O)(=O)c1ccc(C)cc1C)C(C)(C)C. The summed E-state index contributed by atoms with van der Waals surface area (Å²) < 4.78 is 32.2. The molecule has 0 aliphatic rings. The first-order valence-electron chi connectivity index (χ1n) is 6.66. The highest BCUT2D eigenvalue weighted by molar-refractivity contribution is 7.89. The summed E-state index contributed by atoms with van der Waals surface area (Å²) >= 11 is 0. The molecule has 0 saturated heterocycles. The van der Waals surface area contributed by atoms with Crippen molar-refractivity contribution in [2.45, 2.75) is 45.6 Å². The highest BCUT2D eigenvalue weighted by Gasteiger charge is 2.36. The van der Waals surface area contributed by atoms with Crippen LogP contribution in [-0.2, 0) is 19.6 Å². The zero-order valence-electron chi connectivity index (χ0n) is 13.4. The first-order chi connectivity index (χ1) is 9.49. The quantitative estimate of drug-likeness (QED) is 0.865. The third kappa shape index (κ3) is 4.28. The van der Waals surface area contributed by atoms with Gasteiger partial charge in [0.15, 0.2) is 0 Å². The molecule has 1 N–H and O–H groups in total. The number of aryl methyl sites for hydroxylation is 2. The van der Waals surface area contributed by atoms with Crippen molar-refractivity contribution in [1.82, 2.24) is 4.72 Å². The molecule has 0 amide bonds. The van der Waals surface area contributed by atoms with Crippen LogP contribution in [0.2, 0.25) is 0 Å². The van der Waals surface area contributed by atoms with Crippen molar-refractivity contribution in [2.24, 2.45) is 5.41 Å². The van der Waals surface area contributed by atoms with E-state index in [1.165, 1.54) is 7.11 Å². The number of sulfonamides is 1. The number of methoxy groups -OCH3 is 1. The molecule has 118 valence electrons. The summed E-state index contributed by atoms with van der Waals surface area (Å²) in [6.45, 7) is 8.95. The molecule has 0 heterocycles. The van der Waals surface area contributed by atoms with Gasteiger partial charge in [-0.2, -0.15) is 4.72 Å². The Hall–Kier alpha value is -1.40. The summed E-state index contributed by atoms with van der Waals surface area (Å²) in [5.74, 6) is -0.601. The van der Waals surface area contributed by atoms with Crippen LogP contribution in [0.25, 0.3) is 0 Å². The lowest BCUT2D eigenvalue weighted by molar-refractivity contribution is -0.145. The fourth-order valence-corrected chi connectivity index (χ4v) is 3.63. The lowest BCUT2D eigenvalue weighted by Crippen LogP contribution is -2.49. The third-order valence-corrected chi connectivity index (χ3v) is 4.78. The van der Waals surface area contributed by atoms with Crippen LogP contribution in [0.3, 0.4) is 0 Å². The van der Waals surface area contributed by atoms with Gasteiger partial charge in [-0.05, 0) is 30.9 Å². The van der Waals surface area contributed by atoms with Gasteiger partial charge in [-0.1, -0.05) is 38.5 Å². The lowest BCUT2D eigenvalue weighted by Gasteiger charge is -2.29. The molecular formula is C15H23NO4S. The van der Waals surface area contributed by atoms with Gasteiger partial charge in [0.25, 0.3) is 0 Å². The maximum Gasteiger partial charge on any atom is 0.324 e. The van der Waals surface area contributed by atoms with Gasteiger partial charge in [-0.15, -0.1) is 0 Å². The van der Waals surface area contributed by atoms with Gasteiger partial charge < -0.3 is 4.74 Å². The largest absolute Gasteiger partial charge is 0.468 e. The van der Waals surface area contributed by atoms with E-state index in [1.807, 2.05) is 6.92 Å². The van der Waals surface area contributed by atoms with E-state index in [0.717, 1.165) is 5.56 Å². The Kier molecular flexibility index (Phi) is 5.17. The van der Waals surface area contributed by atoms with E-state index < -0.39 is 27.4 Å². The molecule has 0 aliphatic carbocycles. The van der Waals surface area contributed by atoms with Crippen molar-refractivity contribution in [3.8, 4) is 0 Å². The van der Waals surface area contributed by atoms with E-state index in [1.54, 1.807) is 45.9 Å². The Morgan fingerprint density at radius 1 is 1.24 bits per heavy atom. The van der Waals surface area contributed by atoms with Crippen molar-refractivity contribution in [2.75, 3.05) is 7.11 Å². The lowest BCUT2D eigenvalue weighted by atomic mass is 9.87. The van der Waals surface area contributed by atoms with Gasteiger partial charge >= 0.3 is 5.97 Å². The smallest absolute Gasteiger partial charge is 0.324 e. The van der Waals surface area contributed by atoms with Crippen molar-refractivity contribution in [3.05, 3.63) is 29.3 Å². The van der Waals surface area contributed by atoms with Gasteiger partial charge in [0.1, 0.15) is 6.04 Å². The standard InChI is InChI=1S/C15H23NO4S/c1-10-7-8-12(11(2)9-10)21(18,19)16-13(14(17)20-6)15(3,4)5/h7-9,13,16H,1-6H3. The molecule has 0 aromatic heterocycles. The summed E-state index contributed by atoms with van der Waals surface area (Å²) in [6, 6.07) is 4.11. The van der Waals surface area contributed by atoms with Crippen LogP contribution in [0.1, 0.15) is 31.9 Å². The Bertz CT molecular complexity index is 630. The van der Waals surface area contributed by atoms with Crippen LogP contribution in [0, 0.1) is 19.3 Å². The van der Waals surface area contributed by atoms with Crippen LogP contribution in [-0.4, -0.2) is 27.5 Å². The number of nitrogens with one attached hydrogen (secondary N) is 1. The summed E-state index contributed by atoms with van der Waals surface area (Å²) in [5, 5.41) is 0. The monoisotopic (exact) mass is 313 g/mol. The van der Waals surface area contributed by atoms with Crippen LogP contribution in [0.15, 0.2) is 23.1 Å². The number of esters is 1. The second-order valence-corrected chi connectivity index (χ2v) is 7.89. The molecule has 0 radical (unpaired) electrons. The summed E-state index contributed by atoms with van der Waals surface area (Å²) in [7, 11) is -2.55. The Balaban J connectivity index is 3.21. The van der Waals surface area contributed by atoms with E-state index >= 15 is 0 Å². The van der Waals surface area contributed by atoms with Gasteiger partial charge in [0.2, 0.25) is 10.0 Å². The Morgan fingerprint density at radius 2 is 1.81 bits per heavy atom. The highest BCUT2D eigenvalue weighted by Crippen LogP contribution is 2.24. The molecule has 0 saturated carbocycles. The van der Waals surface area contributed by atoms with Crippen LogP contribution < -0.4 is 4.72 Å². The maximum atomic E-state index is 12.5. The van der Waals surface area contributed by atoms with Crippen LogP contribution in [0.5, 0.6) is 0 Å². The molecule has 0 fully saturated rings. The number of carbonyl (C=O) groups excluding carboxylic acids is 1. The predicted molar refractivity (Wildman–Crippen MR) is 81.5 cm³/mol. The number of benzene rings is 1. The number of hydrogen-bond acceptors (Lipinski definition) is 4. The zero-order valence-corrected chi connectivity index (χ0v) is 14.2. The first-order valence-corrected chi connectivity index (χ1v) is 8.15. The molecule has 1 atom stereocenters. The van der Waals surface area contributed by atoms with Crippen LogP contribution in [0.4, 0.5) is 0 Å². The number of rotatable bonds is 4. The minimum atomic E-state index is -3.80. The van der Waals surface area contributed by atoms with E-state index in [-0.39, 0.29) is 4.90 Å². The summed E-state index contributed by atoms with van der Waals surface area (Å²) in [6.07, 6.45) is 0. The van der Waals surface area contributed by atoms with Crippen LogP contribution >= 0.6 is 0 Å². The van der Waals surface area contributed by atoms with E-state index in [4.69, 9.17) is 4.74 Å². The van der Waals surface area contributed by atoms with Crippen molar-refractivity contribution < 1.29 is 17.9 Å². The van der Waals surface area contributed by atoms with Crippen molar-refractivity contribution in [1.29, 1.82) is 0 Å². The third-order valence-electron chi connectivity index (χ3n) is 3.20. The maximum absolute atomic E-state index is 12.5. The molecule has 0 bridgehead atoms. The second kappa shape index (κ2) is 6.15. The van der Waals surface area contributed by atoms with Gasteiger partial charge in [0, 0.05) is 0 Å². The molecule has 1 unspecified atom stereocenters. The van der Waals surface area contributed by atoms with E-state index in [9.17, 15) is 13.2 Å². The summed E-state index contributed by atoms with van der Waals surface area (Å²) in [5.41, 5.74) is 1.02. The number of ether oxygens (including phenoxy) is 1. The van der Waals surface area contributed by atoms with Gasteiger partial charge in [-0.3, -0.25) is 4.79 Å². The second-order valence-electron chi connectivity index (χ2n) is 6.21. The molecule has 21 heavy (non-hydrogen) atoms. The molecule has 0 spiro atoms. The Morgan fingerprint density at radius 3 is 2.24 bits per heavy atom. The topological polar surface area (TPSA) is 72.5 Å². The molecule has 1 aromatic carbocycles. The number of hydrogen-bond donors (Lipinski definition) is 1. The molecular weight excluding hydrogens is 290 g/mol. The zero-order chi connectivity index (χ0) is 16.4. The summed E-state index contributed by atoms with van der Waals surface area (Å²) in [4.78, 5) is 12.0. The fraction of sp³-hybridized carbons (Fsp3) is 0.533. The molecule has 1 aromatic rings. The Labute approximate surface area is 126 Å². The molecule has 5 nitrogen and oxygen atoms in total. The average Bonchev–Trinajstić information content (AvgIpc) is 2.33. The molecule has 6 heteroatoms. The minimum Gasteiger partial charge on any atom is -0.468 e. The minimum absolute atomic E-state index is 0.172. The first kappa shape index (κ1) is 17.7. The normalized spacial score (nSPS) is 13.8. The van der Waals surface area contributed by atoms with E-state index in [2.05, 4.69) is 4.72 Å². The molecule has 1 rings (SSSR count). The van der Waals surface area contributed by atoms with Crippen molar-refractivity contribution >= 4 is 16.0 Å². The average molecular weight is 313 g/mol. The molecule has 0 aliphatic heterocycles. The fourth-order valence-electron chi connectivity index (χ4n) is 2.02. The van der Waals surface area contributed by atoms with Gasteiger partial charge in [0.05, 0.1) is 12.0 Å². The predicted octanol–water partition coefficient (Wildman–Crippen LogP) is 2.17. The van der Waals surface area contributed by atoms with Gasteiger partial charge in [-0.25, -0.2) is 8.42 Å². The number of carbonyl (C=O) groups is 1.